The quantitative estimate of drug-likeness (QED) is 0.781. The van der Waals surface area contributed by atoms with Crippen LogP contribution in [0.2, 0.25) is 0 Å². The number of nitrogens with zero attached hydrogens (tertiary/aromatic N) is 1. The van der Waals surface area contributed by atoms with Crippen LogP contribution in [0.1, 0.15) is 12.0 Å². The fourth-order valence-corrected chi connectivity index (χ4v) is 1.45. The summed E-state index contributed by atoms with van der Waals surface area (Å²) >= 11 is 3.98. The van der Waals surface area contributed by atoms with Crippen molar-refractivity contribution in [3.63, 3.8) is 0 Å². The predicted octanol–water partition coefficient (Wildman–Crippen LogP) is 2.10. The maximum absolute atomic E-state index is 13.2. The van der Waals surface area contributed by atoms with Gasteiger partial charge in [0.05, 0.1) is 0 Å². The van der Waals surface area contributed by atoms with E-state index in [1.54, 1.807) is 25.2 Å². The van der Waals surface area contributed by atoms with Gasteiger partial charge in [-0.05, 0) is 11.8 Å². The lowest BCUT2D eigenvalue weighted by molar-refractivity contribution is -0.129. The summed E-state index contributed by atoms with van der Waals surface area (Å²) < 4.78 is 13.2. The first-order valence-electron chi connectivity index (χ1n) is 4.73. The minimum atomic E-state index is -0.275. The van der Waals surface area contributed by atoms with Crippen LogP contribution in [0, 0.1) is 5.82 Å². The highest BCUT2D eigenvalue weighted by Gasteiger charge is 2.09. The number of hydrogen-bond acceptors (Lipinski definition) is 2. The van der Waals surface area contributed by atoms with E-state index < -0.39 is 0 Å². The second-order valence-electron chi connectivity index (χ2n) is 3.31. The van der Waals surface area contributed by atoms with E-state index in [0.29, 0.717) is 24.3 Å². The van der Waals surface area contributed by atoms with Crippen molar-refractivity contribution in [2.75, 3.05) is 12.8 Å². The van der Waals surface area contributed by atoms with Crippen molar-refractivity contribution in [2.45, 2.75) is 13.0 Å². The number of amides is 1. The minimum absolute atomic E-state index is 0.0201. The molecule has 82 valence electrons. The molecule has 0 saturated carbocycles. The van der Waals surface area contributed by atoms with Gasteiger partial charge in [0.1, 0.15) is 5.82 Å². The second-order valence-corrected chi connectivity index (χ2v) is 3.76. The van der Waals surface area contributed by atoms with E-state index in [0.717, 1.165) is 0 Å². The first-order chi connectivity index (χ1) is 7.15. The fourth-order valence-electron chi connectivity index (χ4n) is 1.26. The topological polar surface area (TPSA) is 20.3 Å². The van der Waals surface area contributed by atoms with Crippen molar-refractivity contribution in [1.82, 2.24) is 4.90 Å². The Kier molecular flexibility index (Phi) is 4.62. The van der Waals surface area contributed by atoms with Crippen LogP contribution in [0.25, 0.3) is 0 Å². The summed E-state index contributed by atoms with van der Waals surface area (Å²) in [6.07, 6.45) is 0.383. The van der Waals surface area contributed by atoms with E-state index in [-0.39, 0.29) is 11.7 Å². The van der Waals surface area contributed by atoms with Crippen molar-refractivity contribution < 1.29 is 9.18 Å². The summed E-state index contributed by atoms with van der Waals surface area (Å²) in [6.45, 7) is 0.305. The molecule has 0 radical (unpaired) electrons. The Hall–Kier alpha value is -1.03. The predicted molar refractivity (Wildman–Crippen MR) is 61.3 cm³/mol. The smallest absolute Gasteiger partial charge is 0.223 e. The summed E-state index contributed by atoms with van der Waals surface area (Å²) in [5.41, 5.74) is 0.535. The van der Waals surface area contributed by atoms with Gasteiger partial charge in [0.25, 0.3) is 0 Å². The minimum Gasteiger partial charge on any atom is -0.341 e. The molecule has 0 bridgehead atoms. The van der Waals surface area contributed by atoms with Crippen LogP contribution in [0.4, 0.5) is 4.39 Å². The molecular formula is C11H14FNOS. The van der Waals surface area contributed by atoms with Gasteiger partial charge in [-0.3, -0.25) is 4.79 Å². The van der Waals surface area contributed by atoms with Crippen molar-refractivity contribution >= 4 is 18.5 Å². The molecule has 1 aromatic carbocycles. The van der Waals surface area contributed by atoms with Crippen LogP contribution in [0.3, 0.4) is 0 Å². The zero-order chi connectivity index (χ0) is 11.3. The lowest BCUT2D eigenvalue weighted by Gasteiger charge is -2.17. The molecule has 1 amide bonds. The van der Waals surface area contributed by atoms with Crippen LogP contribution in [0.15, 0.2) is 24.3 Å². The second kappa shape index (κ2) is 5.75. The molecule has 0 aliphatic rings. The van der Waals surface area contributed by atoms with Gasteiger partial charge >= 0.3 is 0 Å². The third-order valence-corrected chi connectivity index (χ3v) is 2.34. The Morgan fingerprint density at radius 3 is 2.73 bits per heavy atom. The van der Waals surface area contributed by atoms with Crippen molar-refractivity contribution in [3.05, 3.63) is 35.6 Å². The molecule has 0 heterocycles. The van der Waals surface area contributed by atoms with Gasteiger partial charge in [0, 0.05) is 25.6 Å². The number of benzene rings is 1. The highest BCUT2D eigenvalue weighted by Crippen LogP contribution is 2.09. The Morgan fingerprint density at radius 1 is 1.47 bits per heavy atom. The average Bonchev–Trinajstić information content (AvgIpc) is 2.21. The fraction of sp³-hybridized carbons (Fsp3) is 0.364. The molecule has 4 heteroatoms. The number of carbonyl (C=O) groups excluding carboxylic acids is 1. The van der Waals surface area contributed by atoms with Crippen molar-refractivity contribution in [2.24, 2.45) is 0 Å². The van der Waals surface area contributed by atoms with Gasteiger partial charge in [-0.15, -0.1) is 0 Å². The normalized spacial score (nSPS) is 10.1. The maximum Gasteiger partial charge on any atom is 0.223 e. The van der Waals surface area contributed by atoms with Crippen LogP contribution in [0.5, 0.6) is 0 Å². The Bertz CT molecular complexity index is 343. The number of rotatable bonds is 4. The first kappa shape index (κ1) is 12.0. The number of hydrogen-bond donors (Lipinski definition) is 1. The third-order valence-electron chi connectivity index (χ3n) is 2.12. The van der Waals surface area contributed by atoms with E-state index in [1.807, 2.05) is 0 Å². The van der Waals surface area contributed by atoms with Gasteiger partial charge in [-0.25, -0.2) is 4.39 Å². The standard InChI is InChI=1S/C11H14FNOS/c1-13(11(14)6-7-15)8-9-4-2-3-5-10(9)12/h2-5,15H,6-8H2,1H3. The van der Waals surface area contributed by atoms with Gasteiger partial charge in [-0.2, -0.15) is 12.6 Å². The van der Waals surface area contributed by atoms with Crippen molar-refractivity contribution in [3.8, 4) is 0 Å². The average molecular weight is 227 g/mol. The van der Waals surface area contributed by atoms with Gasteiger partial charge in [-0.1, -0.05) is 18.2 Å². The molecule has 0 N–H and O–H groups in total. The molecule has 0 aliphatic carbocycles. The molecule has 0 aromatic heterocycles. The molecule has 1 aromatic rings. The number of halogens is 1. The van der Waals surface area contributed by atoms with E-state index in [4.69, 9.17) is 0 Å². The number of thiol groups is 1. The third kappa shape index (κ3) is 3.55. The van der Waals surface area contributed by atoms with Crippen molar-refractivity contribution in [1.29, 1.82) is 0 Å². The largest absolute Gasteiger partial charge is 0.341 e. The molecule has 2 nitrogen and oxygen atoms in total. The number of carbonyl (C=O) groups is 1. The van der Waals surface area contributed by atoms with Crippen LogP contribution >= 0.6 is 12.6 Å². The molecular weight excluding hydrogens is 213 g/mol. The lowest BCUT2D eigenvalue weighted by atomic mass is 10.2. The Balaban J connectivity index is 2.62. The highest BCUT2D eigenvalue weighted by molar-refractivity contribution is 7.80. The van der Waals surface area contributed by atoms with E-state index >= 15 is 0 Å². The summed E-state index contributed by atoms with van der Waals surface area (Å²) in [7, 11) is 1.66. The van der Waals surface area contributed by atoms with Crippen LogP contribution < -0.4 is 0 Å². The van der Waals surface area contributed by atoms with Crippen LogP contribution in [-0.2, 0) is 11.3 Å². The van der Waals surface area contributed by atoms with Gasteiger partial charge in [0.2, 0.25) is 5.91 Å². The van der Waals surface area contributed by atoms with E-state index in [1.165, 1.54) is 11.0 Å². The SMILES string of the molecule is CN(Cc1ccccc1F)C(=O)CCS. The highest BCUT2D eigenvalue weighted by atomic mass is 32.1. The van der Waals surface area contributed by atoms with E-state index in [9.17, 15) is 9.18 Å². The molecule has 0 atom stereocenters. The molecule has 15 heavy (non-hydrogen) atoms. The molecule has 0 aliphatic heterocycles. The summed E-state index contributed by atoms with van der Waals surface area (Å²) in [5, 5.41) is 0. The zero-order valence-electron chi connectivity index (χ0n) is 8.61. The monoisotopic (exact) mass is 227 g/mol. The molecule has 0 spiro atoms. The summed E-state index contributed by atoms with van der Waals surface area (Å²) in [4.78, 5) is 12.9. The Morgan fingerprint density at radius 2 is 2.13 bits per heavy atom. The maximum atomic E-state index is 13.2. The lowest BCUT2D eigenvalue weighted by Crippen LogP contribution is -2.26. The van der Waals surface area contributed by atoms with Gasteiger partial charge in [0.15, 0.2) is 0 Å². The molecule has 0 fully saturated rings. The van der Waals surface area contributed by atoms with Crippen LogP contribution in [-0.4, -0.2) is 23.6 Å². The van der Waals surface area contributed by atoms with Gasteiger partial charge < -0.3 is 4.90 Å². The first-order valence-corrected chi connectivity index (χ1v) is 5.36. The zero-order valence-corrected chi connectivity index (χ0v) is 9.51. The van der Waals surface area contributed by atoms with E-state index in [2.05, 4.69) is 12.6 Å². The Labute approximate surface area is 94.5 Å². The summed E-state index contributed by atoms with van der Waals surface area (Å²) in [5.74, 6) is 0.219. The summed E-state index contributed by atoms with van der Waals surface area (Å²) in [6, 6.07) is 6.47. The molecule has 0 saturated heterocycles. The molecule has 1 rings (SSSR count). The molecule has 0 unspecified atom stereocenters.